The van der Waals surface area contributed by atoms with Crippen molar-refractivity contribution in [3.05, 3.63) is 115 Å². The van der Waals surface area contributed by atoms with Crippen molar-refractivity contribution in [2.24, 2.45) is 22.1 Å². The van der Waals surface area contributed by atoms with E-state index in [2.05, 4.69) is 58.2 Å². The minimum absolute atomic E-state index is 0. The van der Waals surface area contributed by atoms with Gasteiger partial charge in [-0.25, -0.2) is 0 Å². The van der Waals surface area contributed by atoms with E-state index in [-0.39, 0.29) is 62.2 Å². The molecule has 2 unspecified atom stereocenters. The zero-order valence-electron chi connectivity index (χ0n) is 36.3. The van der Waals surface area contributed by atoms with Crippen molar-refractivity contribution in [3.63, 3.8) is 0 Å². The minimum atomic E-state index is -0.474. The van der Waals surface area contributed by atoms with Crippen molar-refractivity contribution in [2.45, 2.75) is 104 Å². The lowest BCUT2D eigenvalue weighted by Crippen LogP contribution is -2.25. The van der Waals surface area contributed by atoms with Crippen LogP contribution in [0.4, 0.5) is 0 Å². The smallest absolute Gasteiger partial charge is 0.311 e. The molecule has 336 valence electrons. The quantitative estimate of drug-likeness (QED) is 0.0333. The molecule has 8 rings (SSSR count). The fourth-order valence-electron chi connectivity index (χ4n) is 9.61. The lowest BCUT2D eigenvalue weighted by molar-refractivity contribution is -0.136. The van der Waals surface area contributed by atoms with Gasteiger partial charge in [0.2, 0.25) is 0 Å². The molecule has 4 aromatic rings. The summed E-state index contributed by atoms with van der Waals surface area (Å²) in [6.45, 7) is 7.72. The fraction of sp³-hybridized carbons (Fsp3) is 0.417. The summed E-state index contributed by atoms with van der Waals surface area (Å²) in [5.41, 5.74) is 28.1. The average molecular weight is 912 g/mol. The Morgan fingerprint density at radius 1 is 0.594 bits per heavy atom. The predicted octanol–water partition coefficient (Wildman–Crippen LogP) is 11.8. The molecule has 0 aliphatic heterocycles. The second-order valence-electron chi connectivity index (χ2n) is 16.5. The van der Waals surface area contributed by atoms with E-state index in [4.69, 9.17) is 30.0 Å². The molecule has 0 fully saturated rings. The van der Waals surface area contributed by atoms with Crippen molar-refractivity contribution >= 4 is 48.7 Å². The molecule has 0 heterocycles. The Labute approximate surface area is 384 Å². The van der Waals surface area contributed by atoms with Gasteiger partial charge in [0.1, 0.15) is 0 Å². The normalized spacial score (nSPS) is 17.7. The zero-order chi connectivity index (χ0) is 43.9. The minimum Gasteiger partial charge on any atom is -0.423 e. The van der Waals surface area contributed by atoms with E-state index in [0.29, 0.717) is 48.0 Å². The van der Waals surface area contributed by atoms with Gasteiger partial charge in [0.05, 0.1) is 0 Å². The first-order valence-electron chi connectivity index (χ1n) is 21.3. The lowest BCUT2D eigenvalue weighted by atomic mass is 9.67. The van der Waals surface area contributed by atoms with Crippen LogP contribution in [-0.4, -0.2) is 37.0 Å². The van der Waals surface area contributed by atoms with E-state index in [9.17, 15) is 19.2 Å². The first-order chi connectivity index (χ1) is 30.0. The largest absolute Gasteiger partial charge is 0.423 e. The van der Waals surface area contributed by atoms with Gasteiger partial charge >= 0.3 is 23.9 Å². The zero-order valence-corrected chi connectivity index (χ0v) is 38.0. The topological polar surface area (TPSA) is 203 Å². The highest BCUT2D eigenvalue weighted by atomic mass is 35.5. The van der Waals surface area contributed by atoms with Crippen molar-refractivity contribution < 1.29 is 38.1 Å². The van der Waals surface area contributed by atoms with Gasteiger partial charge in [0.25, 0.3) is 0 Å². The molecule has 4 aromatic carbocycles. The van der Waals surface area contributed by atoms with Gasteiger partial charge in [-0.15, -0.1) is 24.8 Å². The molecule has 0 spiro atoms. The van der Waals surface area contributed by atoms with Crippen LogP contribution in [-0.2, 0) is 44.9 Å². The van der Waals surface area contributed by atoms with Crippen LogP contribution in [0, 0.1) is 11.8 Å². The second kappa shape index (κ2) is 22.0. The molecule has 4 atom stereocenters. The molecular formula is C48H52Cl2N6O8. The number of fused-ring (bicyclic) bond motifs is 4. The summed E-state index contributed by atoms with van der Waals surface area (Å²) in [4.78, 5) is 53.9. The number of hydrogen-bond acceptors (Lipinski definition) is 10. The Morgan fingerprint density at radius 3 is 1.48 bits per heavy atom. The third kappa shape index (κ3) is 10.7. The number of hydrogen-bond donors (Lipinski definition) is 0. The highest BCUT2D eigenvalue weighted by molar-refractivity contribution is 5.89. The van der Waals surface area contributed by atoms with E-state index in [1.165, 1.54) is 42.5 Å². The summed E-state index contributed by atoms with van der Waals surface area (Å²) in [5, 5.41) is 6.88. The summed E-state index contributed by atoms with van der Waals surface area (Å²) in [7, 11) is 0. The number of carbonyl (C=O) groups is 4. The van der Waals surface area contributed by atoms with Gasteiger partial charge in [0, 0.05) is 60.7 Å². The van der Waals surface area contributed by atoms with Gasteiger partial charge in [0.15, 0.2) is 23.0 Å². The molecule has 64 heavy (non-hydrogen) atoms. The Hall–Kier alpha value is -6.04. The summed E-state index contributed by atoms with van der Waals surface area (Å²) >= 11 is 0. The number of azide groups is 2. The predicted molar refractivity (Wildman–Crippen MR) is 246 cm³/mol. The SMILES string of the molecule is CC(=O)Oc1c(OC(=O)CCCN=[N+]=[N-])ccc2c1-c1cccc3c1[C@@H](C2)C(C)CC3.CC(=O)Oc1ccc2c(c1OC(=O)CCCN=[N+]=[N-])-c1cccc3c1[C@@H](C2)C(C)CC3.Cl.Cl. The third-order valence-electron chi connectivity index (χ3n) is 12.4. The number of esters is 4. The first-order valence-corrected chi connectivity index (χ1v) is 21.3. The van der Waals surface area contributed by atoms with Crippen LogP contribution >= 0.6 is 24.8 Å². The maximum absolute atomic E-state index is 12.6. The highest BCUT2D eigenvalue weighted by Gasteiger charge is 2.38. The molecule has 0 bridgehead atoms. The maximum atomic E-state index is 12.6. The Bertz CT molecular complexity index is 2540. The van der Waals surface area contributed by atoms with Crippen molar-refractivity contribution in [2.75, 3.05) is 13.1 Å². The highest BCUT2D eigenvalue weighted by Crippen LogP contribution is 2.54. The van der Waals surface area contributed by atoms with E-state index in [1.54, 1.807) is 12.1 Å². The van der Waals surface area contributed by atoms with Gasteiger partial charge < -0.3 is 18.9 Å². The Balaban J connectivity index is 0.000000234. The van der Waals surface area contributed by atoms with Crippen LogP contribution in [0.2, 0.25) is 0 Å². The number of ether oxygens (including phenoxy) is 4. The molecule has 0 N–H and O–H groups in total. The van der Waals surface area contributed by atoms with Gasteiger partial charge in [-0.1, -0.05) is 72.6 Å². The maximum Gasteiger partial charge on any atom is 0.311 e. The van der Waals surface area contributed by atoms with Gasteiger partial charge in [-0.2, -0.15) is 0 Å². The third-order valence-corrected chi connectivity index (χ3v) is 12.4. The fourth-order valence-corrected chi connectivity index (χ4v) is 9.61. The van der Waals surface area contributed by atoms with Crippen LogP contribution in [0.25, 0.3) is 43.1 Å². The summed E-state index contributed by atoms with van der Waals surface area (Å²) < 4.78 is 22.4. The number of benzene rings is 4. The molecule has 14 nitrogen and oxygen atoms in total. The monoisotopic (exact) mass is 910 g/mol. The van der Waals surface area contributed by atoms with Crippen molar-refractivity contribution in [1.82, 2.24) is 0 Å². The average Bonchev–Trinajstić information content (AvgIpc) is 3.25. The number of rotatable bonds is 12. The number of halogens is 2. The second-order valence-corrected chi connectivity index (χ2v) is 16.5. The summed E-state index contributed by atoms with van der Waals surface area (Å²) in [5.74, 6) is 1.25. The standard InChI is InChI=1S/2C24H25N3O4.2ClH/c1-14-8-9-16-5-3-6-18-22(16)19(14)13-17-10-11-20(24(23(17)18)30-15(2)28)31-21(29)7-4-12-26-27-25;1-14-8-9-16-5-3-6-18-22(16)19(14)13-17-10-11-20(30-15(2)28)24(23(17)18)31-21(29)7-4-12-26-27-25;;/h2*3,5-6,10-11,14,19H,4,7-9,12-13H2,1-2H3;2*1H/t2*14?,19-;;/m00../s1. The molecule has 16 heteroatoms. The number of aryl methyl sites for hydroxylation is 2. The molecule has 4 aliphatic rings. The molecule has 0 radical (unpaired) electrons. The van der Waals surface area contributed by atoms with Crippen LogP contribution in [0.5, 0.6) is 23.0 Å². The van der Waals surface area contributed by atoms with Crippen LogP contribution in [0.15, 0.2) is 70.9 Å². The van der Waals surface area contributed by atoms with E-state index in [0.717, 1.165) is 65.5 Å². The lowest BCUT2D eigenvalue weighted by Gasteiger charge is -2.38. The Morgan fingerprint density at radius 2 is 1.03 bits per heavy atom. The van der Waals surface area contributed by atoms with Crippen molar-refractivity contribution in [1.29, 1.82) is 0 Å². The van der Waals surface area contributed by atoms with Crippen molar-refractivity contribution in [3.8, 4) is 45.3 Å². The molecular weight excluding hydrogens is 859 g/mol. The van der Waals surface area contributed by atoms with Gasteiger partial charge in [-0.3, -0.25) is 19.2 Å². The summed E-state index contributed by atoms with van der Waals surface area (Å²) in [6, 6.07) is 20.0. The van der Waals surface area contributed by atoms with Crippen LogP contribution < -0.4 is 18.9 Å². The summed E-state index contributed by atoms with van der Waals surface area (Å²) in [6.07, 6.45) is 7.13. The Kier molecular flexibility index (Phi) is 16.9. The van der Waals surface area contributed by atoms with Crippen LogP contribution in [0.3, 0.4) is 0 Å². The molecule has 0 amide bonds. The number of carbonyl (C=O) groups excluding carboxylic acids is 4. The van der Waals surface area contributed by atoms with E-state index >= 15 is 0 Å². The molecule has 0 aromatic heterocycles. The molecule has 4 aliphatic carbocycles. The first kappa shape index (κ1) is 49.0. The van der Waals surface area contributed by atoms with Gasteiger partial charge in [-0.05, 0) is 143 Å². The van der Waals surface area contributed by atoms with Crippen LogP contribution in [0.1, 0.15) is 111 Å². The van der Waals surface area contributed by atoms with E-state index in [1.807, 2.05) is 24.3 Å². The molecule has 0 saturated carbocycles. The van der Waals surface area contributed by atoms with E-state index < -0.39 is 23.9 Å². The molecule has 0 saturated heterocycles. The number of nitrogens with zero attached hydrogens (tertiary/aromatic N) is 6.